The Kier molecular flexibility index (Phi) is 9.11. The highest BCUT2D eigenvalue weighted by Crippen LogP contribution is 2.61. The van der Waals surface area contributed by atoms with Gasteiger partial charge in [0.05, 0.1) is 11.0 Å². The smallest absolute Gasteiger partial charge is 0.0541 e. The van der Waals surface area contributed by atoms with Crippen LogP contribution in [-0.2, 0) is 5.41 Å². The summed E-state index contributed by atoms with van der Waals surface area (Å²) < 4.78 is 2.41. The molecule has 0 spiro atoms. The van der Waals surface area contributed by atoms with Crippen molar-refractivity contribution >= 4 is 38.9 Å². The van der Waals surface area contributed by atoms with Crippen LogP contribution in [-0.4, -0.2) is 4.57 Å². The SMILES string of the molecule is C[C@H]1CC2C[C@@H]3C=C([C@H]2C)C(c2cccc(N(c4ccc(-c5cccc(-n6c7ccccc7c7ccccc76)c5)cc4)c4cc(-c5ccccc5)cc(-c5ccccc5)c4)c2)(C1)C3. The summed E-state index contributed by atoms with van der Waals surface area (Å²) in [4.78, 5) is 2.51. The summed E-state index contributed by atoms with van der Waals surface area (Å²) in [6.45, 7) is 5.04. The van der Waals surface area contributed by atoms with Crippen LogP contribution < -0.4 is 4.90 Å². The van der Waals surface area contributed by atoms with Crippen LogP contribution in [0.2, 0.25) is 0 Å². The average Bonchev–Trinajstić information content (AvgIpc) is 3.83. The standard InChI is InChI=1S/C61H52N2/c1-41-31-48-32-43-33-58(42(48)2)61(39-41,40-43)51-20-14-22-54(38-51)62(55-36-49(44-15-5-3-6-16-44)34-50(37-55)45-17-7-4-8-18-45)52-29-27-46(28-30-52)47-19-13-21-53(35-47)63-59-25-11-9-23-56(59)57-24-10-12-26-60(57)63/h3-30,33-38,41-43,48H,31-32,39-40H2,1-2H3/t41-,42-,43+,48?,61?/m0/s1. The van der Waals surface area contributed by atoms with E-state index in [9.17, 15) is 0 Å². The second-order valence-electron chi connectivity index (χ2n) is 18.9. The minimum Gasteiger partial charge on any atom is -0.310 e. The maximum Gasteiger partial charge on any atom is 0.0541 e. The maximum atomic E-state index is 2.70. The van der Waals surface area contributed by atoms with Crippen molar-refractivity contribution in [3.63, 3.8) is 0 Å². The van der Waals surface area contributed by atoms with Gasteiger partial charge in [-0.2, -0.15) is 0 Å². The van der Waals surface area contributed by atoms with Crippen molar-refractivity contribution in [3.05, 3.63) is 217 Å². The molecule has 8 aromatic carbocycles. The number of aromatic nitrogens is 1. The number of hydrogen-bond donors (Lipinski definition) is 0. The molecule has 1 aromatic heterocycles. The largest absolute Gasteiger partial charge is 0.310 e. The van der Waals surface area contributed by atoms with Gasteiger partial charge in [0.15, 0.2) is 0 Å². The van der Waals surface area contributed by atoms with Gasteiger partial charge in [0.2, 0.25) is 0 Å². The van der Waals surface area contributed by atoms with Gasteiger partial charge in [0, 0.05) is 38.9 Å². The van der Waals surface area contributed by atoms with Crippen LogP contribution in [0.25, 0.3) is 60.9 Å². The van der Waals surface area contributed by atoms with Gasteiger partial charge in [-0.15, -0.1) is 0 Å². The zero-order valence-electron chi connectivity index (χ0n) is 36.2. The van der Waals surface area contributed by atoms with Crippen LogP contribution in [0.5, 0.6) is 0 Å². The normalized spacial score (nSPS) is 21.4. The lowest BCUT2D eigenvalue weighted by Gasteiger charge is -2.37. The molecule has 306 valence electrons. The van der Waals surface area contributed by atoms with Crippen LogP contribution in [0.1, 0.15) is 45.1 Å². The first-order chi connectivity index (χ1) is 31.0. The number of nitrogens with zero attached hydrogens (tertiary/aromatic N) is 2. The molecule has 3 aliphatic rings. The van der Waals surface area contributed by atoms with Crippen molar-refractivity contribution in [2.24, 2.45) is 23.7 Å². The van der Waals surface area contributed by atoms with Crippen LogP contribution >= 0.6 is 0 Å². The fraction of sp³-hybridized carbons (Fsp3) is 0.180. The zero-order valence-corrected chi connectivity index (χ0v) is 36.2. The van der Waals surface area contributed by atoms with E-state index in [-0.39, 0.29) is 5.41 Å². The molecule has 5 atom stereocenters. The molecule has 2 nitrogen and oxygen atoms in total. The van der Waals surface area contributed by atoms with Crippen LogP contribution in [0.15, 0.2) is 212 Å². The maximum absolute atomic E-state index is 2.70. The monoisotopic (exact) mass is 812 g/mol. The van der Waals surface area contributed by atoms with E-state index in [2.05, 4.69) is 230 Å². The molecular weight excluding hydrogens is 761 g/mol. The van der Waals surface area contributed by atoms with Gasteiger partial charge in [-0.25, -0.2) is 0 Å². The molecule has 2 heteroatoms. The molecule has 1 fully saturated rings. The molecule has 0 saturated heterocycles. The summed E-state index contributed by atoms with van der Waals surface area (Å²) >= 11 is 0. The van der Waals surface area contributed by atoms with Gasteiger partial charge in [0.1, 0.15) is 0 Å². The van der Waals surface area contributed by atoms with E-state index >= 15 is 0 Å². The Morgan fingerprint density at radius 2 is 1.06 bits per heavy atom. The average molecular weight is 813 g/mol. The molecule has 0 N–H and O–H groups in total. The first-order valence-electron chi connectivity index (χ1n) is 23.1. The van der Waals surface area contributed by atoms with E-state index in [4.69, 9.17) is 0 Å². The molecule has 3 aliphatic carbocycles. The molecule has 0 aliphatic heterocycles. The van der Waals surface area contributed by atoms with Gasteiger partial charge in [-0.1, -0.05) is 159 Å². The Balaban J connectivity index is 1.00. The summed E-state index contributed by atoms with van der Waals surface area (Å²) in [6, 6.07) is 74.3. The molecule has 2 unspecified atom stereocenters. The molecule has 0 amide bonds. The first kappa shape index (κ1) is 37.8. The second-order valence-corrected chi connectivity index (χ2v) is 18.9. The lowest BCUT2D eigenvalue weighted by Crippen LogP contribution is -2.29. The quantitative estimate of drug-likeness (QED) is 0.139. The molecule has 63 heavy (non-hydrogen) atoms. The molecule has 9 aromatic rings. The summed E-state index contributed by atoms with van der Waals surface area (Å²) in [5.74, 6) is 2.86. The van der Waals surface area contributed by atoms with E-state index in [0.717, 1.165) is 23.0 Å². The van der Waals surface area contributed by atoms with Crippen molar-refractivity contribution in [3.8, 4) is 39.1 Å². The molecule has 1 heterocycles. The van der Waals surface area contributed by atoms with Crippen molar-refractivity contribution in [2.45, 2.75) is 44.9 Å². The third-order valence-corrected chi connectivity index (χ3v) is 15.0. The number of benzene rings is 8. The van der Waals surface area contributed by atoms with Crippen molar-refractivity contribution in [1.29, 1.82) is 0 Å². The topological polar surface area (TPSA) is 8.17 Å². The van der Waals surface area contributed by atoms with Crippen LogP contribution in [0.4, 0.5) is 17.1 Å². The third-order valence-electron chi connectivity index (χ3n) is 15.0. The summed E-state index contributed by atoms with van der Waals surface area (Å²) in [6.07, 6.45) is 7.90. The van der Waals surface area contributed by atoms with E-state index in [1.807, 2.05) is 0 Å². The van der Waals surface area contributed by atoms with Gasteiger partial charge in [0.25, 0.3) is 0 Å². The number of allylic oxidation sites excluding steroid dienone is 2. The minimum atomic E-state index is 0.1000. The molecule has 0 radical (unpaired) electrons. The summed E-state index contributed by atoms with van der Waals surface area (Å²) in [5.41, 5.74) is 17.6. The fourth-order valence-corrected chi connectivity index (χ4v) is 12.3. The predicted molar refractivity (Wildman–Crippen MR) is 265 cm³/mol. The second kappa shape index (κ2) is 15.2. The zero-order chi connectivity index (χ0) is 42.1. The predicted octanol–water partition coefficient (Wildman–Crippen LogP) is 16.5. The van der Waals surface area contributed by atoms with Crippen molar-refractivity contribution in [1.82, 2.24) is 4.57 Å². The molecule has 3 bridgehead atoms. The van der Waals surface area contributed by atoms with Crippen LogP contribution in [0, 0.1) is 23.7 Å². The first-order valence-corrected chi connectivity index (χ1v) is 23.1. The molecular formula is C61H52N2. The van der Waals surface area contributed by atoms with E-state index in [0.29, 0.717) is 17.8 Å². The highest BCUT2D eigenvalue weighted by molar-refractivity contribution is 6.09. The van der Waals surface area contributed by atoms with Crippen molar-refractivity contribution in [2.75, 3.05) is 4.90 Å². The Labute approximate surface area is 371 Å². The number of para-hydroxylation sites is 2. The highest BCUT2D eigenvalue weighted by Gasteiger charge is 2.52. The van der Waals surface area contributed by atoms with E-state index in [1.54, 1.807) is 5.57 Å². The third kappa shape index (κ3) is 6.46. The Morgan fingerprint density at radius 1 is 0.460 bits per heavy atom. The van der Waals surface area contributed by atoms with Gasteiger partial charge in [-0.3, -0.25) is 0 Å². The lowest BCUT2D eigenvalue weighted by atomic mass is 9.68. The van der Waals surface area contributed by atoms with Gasteiger partial charge in [-0.05, 0) is 155 Å². The lowest BCUT2D eigenvalue weighted by molar-refractivity contribution is 0.251. The summed E-state index contributed by atoms with van der Waals surface area (Å²) in [5, 5.41) is 2.55. The minimum absolute atomic E-state index is 0.1000. The fourth-order valence-electron chi connectivity index (χ4n) is 12.3. The Hall–Kier alpha value is -6.90. The number of anilines is 3. The molecule has 12 rings (SSSR count). The summed E-state index contributed by atoms with van der Waals surface area (Å²) in [7, 11) is 0. The van der Waals surface area contributed by atoms with E-state index < -0.39 is 0 Å². The number of fused-ring (bicyclic) bond motifs is 5. The van der Waals surface area contributed by atoms with Gasteiger partial charge >= 0.3 is 0 Å². The van der Waals surface area contributed by atoms with Crippen molar-refractivity contribution < 1.29 is 0 Å². The number of rotatable bonds is 8. The van der Waals surface area contributed by atoms with Crippen LogP contribution in [0.3, 0.4) is 0 Å². The Bertz CT molecular complexity index is 3060. The highest BCUT2D eigenvalue weighted by atomic mass is 15.1. The Morgan fingerprint density at radius 3 is 1.75 bits per heavy atom. The van der Waals surface area contributed by atoms with Gasteiger partial charge < -0.3 is 9.47 Å². The number of hydrogen-bond acceptors (Lipinski definition) is 1. The van der Waals surface area contributed by atoms with E-state index in [1.165, 1.54) is 92.1 Å². The molecule has 1 saturated carbocycles.